The smallest absolute Gasteiger partial charge is 0.130 e. The van der Waals surface area contributed by atoms with Gasteiger partial charge in [0.25, 0.3) is 0 Å². The van der Waals surface area contributed by atoms with Crippen LogP contribution in [0.4, 0.5) is 8.78 Å². The normalized spacial score (nSPS) is 12.4. The molecule has 4 heteroatoms. The van der Waals surface area contributed by atoms with E-state index in [1.807, 2.05) is 19.1 Å². The van der Waals surface area contributed by atoms with Crippen molar-refractivity contribution >= 4 is 11.6 Å². The lowest BCUT2D eigenvalue weighted by atomic mass is 10.1. The molecule has 0 aliphatic carbocycles. The predicted molar refractivity (Wildman–Crippen MR) is 67.6 cm³/mol. The zero-order valence-electron chi connectivity index (χ0n) is 9.83. The molecule has 0 saturated carbocycles. The minimum atomic E-state index is -0.763. The first kappa shape index (κ1) is 13.0. The van der Waals surface area contributed by atoms with Crippen LogP contribution >= 0.6 is 11.6 Å². The highest BCUT2D eigenvalue weighted by Gasteiger charge is 2.18. The Hall–Kier alpha value is -1.48. The molecule has 0 N–H and O–H groups in total. The maximum absolute atomic E-state index is 13.5. The van der Waals surface area contributed by atoms with Crippen molar-refractivity contribution in [3.8, 4) is 0 Å². The summed E-state index contributed by atoms with van der Waals surface area (Å²) in [4.78, 5) is 4.17. The van der Waals surface area contributed by atoms with E-state index in [1.54, 1.807) is 6.20 Å². The Morgan fingerprint density at radius 3 is 2.39 bits per heavy atom. The molecule has 0 fully saturated rings. The molecule has 18 heavy (non-hydrogen) atoms. The number of nitrogens with zero attached hydrogens (tertiary/aromatic N) is 1. The summed E-state index contributed by atoms with van der Waals surface area (Å²) in [6.45, 7) is 1.92. The van der Waals surface area contributed by atoms with E-state index in [0.717, 1.165) is 5.56 Å². The number of aryl methyl sites for hydroxylation is 1. The Kier molecular flexibility index (Phi) is 3.92. The second kappa shape index (κ2) is 5.44. The minimum Gasteiger partial charge on any atom is -0.261 e. The average molecular weight is 268 g/mol. The van der Waals surface area contributed by atoms with Gasteiger partial charge in [-0.05, 0) is 30.7 Å². The predicted octanol–water partition coefficient (Wildman–Crippen LogP) is 4.19. The molecule has 1 atom stereocenters. The van der Waals surface area contributed by atoms with Crippen LogP contribution in [0.3, 0.4) is 0 Å². The molecule has 1 heterocycles. The number of rotatable bonds is 3. The van der Waals surface area contributed by atoms with Crippen molar-refractivity contribution in [2.45, 2.75) is 18.7 Å². The first-order chi connectivity index (χ1) is 8.58. The number of aromatic nitrogens is 1. The summed E-state index contributed by atoms with van der Waals surface area (Å²) in [5.41, 5.74) is 1.65. The van der Waals surface area contributed by atoms with E-state index in [2.05, 4.69) is 4.98 Å². The standard InChI is InChI=1S/C14H12ClF2N/c1-9-5-6-10(18-8-9)7-11(15)14-12(16)3-2-4-13(14)17/h2-6,8,11H,7H2,1H3. The maximum Gasteiger partial charge on any atom is 0.130 e. The van der Waals surface area contributed by atoms with E-state index in [-0.39, 0.29) is 5.56 Å². The molecule has 94 valence electrons. The third-order valence-corrected chi connectivity index (χ3v) is 3.05. The van der Waals surface area contributed by atoms with E-state index in [4.69, 9.17) is 11.6 Å². The lowest BCUT2D eigenvalue weighted by Crippen LogP contribution is -2.03. The highest BCUT2D eigenvalue weighted by Crippen LogP contribution is 2.28. The van der Waals surface area contributed by atoms with Gasteiger partial charge in [0.05, 0.1) is 5.38 Å². The molecule has 1 unspecified atom stereocenters. The fourth-order valence-electron chi connectivity index (χ4n) is 1.71. The second-order valence-corrected chi connectivity index (χ2v) is 4.66. The van der Waals surface area contributed by atoms with Gasteiger partial charge in [0.2, 0.25) is 0 Å². The number of benzene rings is 1. The molecule has 0 aliphatic rings. The summed E-state index contributed by atoms with van der Waals surface area (Å²) < 4.78 is 27.0. The van der Waals surface area contributed by atoms with E-state index in [9.17, 15) is 8.78 Å². The largest absolute Gasteiger partial charge is 0.261 e. The van der Waals surface area contributed by atoms with Gasteiger partial charge in [-0.15, -0.1) is 11.6 Å². The Morgan fingerprint density at radius 1 is 1.17 bits per heavy atom. The van der Waals surface area contributed by atoms with Gasteiger partial charge < -0.3 is 0 Å². The Balaban J connectivity index is 2.22. The molecule has 0 bridgehead atoms. The summed E-state index contributed by atoms with van der Waals surface area (Å²) in [5, 5.41) is -0.763. The van der Waals surface area contributed by atoms with Crippen LogP contribution in [0.15, 0.2) is 36.5 Å². The van der Waals surface area contributed by atoms with Crippen molar-refractivity contribution in [3.05, 3.63) is 65.0 Å². The minimum absolute atomic E-state index is 0.0958. The van der Waals surface area contributed by atoms with Crippen LogP contribution in [0.2, 0.25) is 0 Å². The molecule has 0 spiro atoms. The number of hydrogen-bond donors (Lipinski definition) is 0. The number of halogens is 3. The van der Waals surface area contributed by atoms with Gasteiger partial charge in [0.1, 0.15) is 11.6 Å². The van der Waals surface area contributed by atoms with Gasteiger partial charge in [-0.2, -0.15) is 0 Å². The van der Waals surface area contributed by atoms with Crippen molar-refractivity contribution in [3.63, 3.8) is 0 Å². The van der Waals surface area contributed by atoms with Crippen molar-refractivity contribution in [1.29, 1.82) is 0 Å². The number of hydrogen-bond acceptors (Lipinski definition) is 1. The fourth-order valence-corrected chi connectivity index (χ4v) is 2.08. The van der Waals surface area contributed by atoms with Crippen molar-refractivity contribution < 1.29 is 8.78 Å². The summed E-state index contributed by atoms with van der Waals surface area (Å²) in [6.07, 6.45) is 2.00. The molecule has 1 aromatic carbocycles. The third-order valence-electron chi connectivity index (χ3n) is 2.67. The number of alkyl halides is 1. The van der Waals surface area contributed by atoms with Crippen LogP contribution in [0.25, 0.3) is 0 Å². The maximum atomic E-state index is 13.5. The summed E-state index contributed by atoms with van der Waals surface area (Å²) >= 11 is 6.07. The monoisotopic (exact) mass is 267 g/mol. The van der Waals surface area contributed by atoms with E-state index >= 15 is 0 Å². The third kappa shape index (κ3) is 2.85. The van der Waals surface area contributed by atoms with Crippen LogP contribution in [-0.2, 0) is 6.42 Å². The summed E-state index contributed by atoms with van der Waals surface area (Å²) in [5.74, 6) is -1.25. The van der Waals surface area contributed by atoms with Gasteiger partial charge in [0.15, 0.2) is 0 Å². The quantitative estimate of drug-likeness (QED) is 0.760. The highest BCUT2D eigenvalue weighted by atomic mass is 35.5. The SMILES string of the molecule is Cc1ccc(CC(Cl)c2c(F)cccc2F)nc1. The van der Waals surface area contributed by atoms with Crippen LogP contribution in [0, 0.1) is 18.6 Å². The molecular weight excluding hydrogens is 256 g/mol. The van der Waals surface area contributed by atoms with E-state index in [1.165, 1.54) is 18.2 Å². The molecule has 2 rings (SSSR count). The van der Waals surface area contributed by atoms with Gasteiger partial charge in [-0.1, -0.05) is 12.1 Å². The van der Waals surface area contributed by atoms with Crippen LogP contribution in [-0.4, -0.2) is 4.98 Å². The second-order valence-electron chi connectivity index (χ2n) is 4.13. The molecule has 1 aromatic heterocycles. The zero-order valence-corrected chi connectivity index (χ0v) is 10.6. The average Bonchev–Trinajstić information content (AvgIpc) is 2.32. The highest BCUT2D eigenvalue weighted by molar-refractivity contribution is 6.20. The van der Waals surface area contributed by atoms with Crippen molar-refractivity contribution in [2.24, 2.45) is 0 Å². The summed E-state index contributed by atoms with van der Waals surface area (Å²) in [6, 6.07) is 7.43. The lowest BCUT2D eigenvalue weighted by molar-refractivity contribution is 0.550. The first-order valence-electron chi connectivity index (χ1n) is 5.57. The van der Waals surface area contributed by atoms with E-state index in [0.29, 0.717) is 12.1 Å². The molecule has 0 aliphatic heterocycles. The Labute approximate surface area is 109 Å². The zero-order chi connectivity index (χ0) is 13.1. The summed E-state index contributed by atoms with van der Waals surface area (Å²) in [7, 11) is 0. The van der Waals surface area contributed by atoms with Crippen molar-refractivity contribution in [2.75, 3.05) is 0 Å². The molecular formula is C14H12ClF2N. The van der Waals surface area contributed by atoms with Crippen LogP contribution in [0.5, 0.6) is 0 Å². The van der Waals surface area contributed by atoms with Crippen LogP contribution < -0.4 is 0 Å². The van der Waals surface area contributed by atoms with Crippen molar-refractivity contribution in [1.82, 2.24) is 4.98 Å². The fraction of sp³-hybridized carbons (Fsp3) is 0.214. The molecule has 1 nitrogen and oxygen atoms in total. The first-order valence-corrected chi connectivity index (χ1v) is 6.01. The molecule has 2 aromatic rings. The van der Waals surface area contributed by atoms with Gasteiger partial charge >= 0.3 is 0 Å². The number of pyridine rings is 1. The van der Waals surface area contributed by atoms with E-state index < -0.39 is 17.0 Å². The Bertz CT molecular complexity index is 520. The van der Waals surface area contributed by atoms with Gasteiger partial charge in [-0.3, -0.25) is 4.98 Å². The Morgan fingerprint density at radius 2 is 1.83 bits per heavy atom. The molecule has 0 saturated heterocycles. The van der Waals surface area contributed by atoms with Gasteiger partial charge in [0, 0.05) is 23.9 Å². The lowest BCUT2D eigenvalue weighted by Gasteiger charge is -2.11. The van der Waals surface area contributed by atoms with Crippen LogP contribution in [0.1, 0.15) is 22.2 Å². The topological polar surface area (TPSA) is 12.9 Å². The molecule has 0 radical (unpaired) electrons. The van der Waals surface area contributed by atoms with Gasteiger partial charge in [-0.25, -0.2) is 8.78 Å². The molecule has 0 amide bonds.